The Bertz CT molecular complexity index is 351. The van der Waals surface area contributed by atoms with Gasteiger partial charge in [0.25, 0.3) is 0 Å². The van der Waals surface area contributed by atoms with Crippen molar-refractivity contribution >= 4 is 0 Å². The first kappa shape index (κ1) is 13.6. The van der Waals surface area contributed by atoms with Crippen LogP contribution in [0.15, 0.2) is 54.8 Å². The molecule has 0 aliphatic rings. The summed E-state index contributed by atoms with van der Waals surface area (Å²) in [5, 5.41) is 0. The molecule has 1 aromatic carbocycles. The number of unbranched alkanes of at least 4 members (excludes halogenated alkanes) is 1. The Morgan fingerprint density at radius 1 is 1.35 bits per heavy atom. The zero-order chi connectivity index (χ0) is 12.5. The minimum atomic E-state index is 0.641. The molecule has 0 aliphatic heterocycles. The van der Waals surface area contributed by atoms with Crippen molar-refractivity contribution in [3.63, 3.8) is 0 Å². The summed E-state index contributed by atoms with van der Waals surface area (Å²) >= 11 is 0. The second kappa shape index (κ2) is 7.72. The fourth-order valence-electron chi connectivity index (χ4n) is 1.94. The van der Waals surface area contributed by atoms with E-state index in [1.807, 2.05) is 6.08 Å². The van der Waals surface area contributed by atoms with Gasteiger partial charge in [-0.25, -0.2) is 0 Å². The third-order valence-electron chi connectivity index (χ3n) is 2.83. The van der Waals surface area contributed by atoms with Crippen LogP contribution in [0.2, 0.25) is 0 Å². The average Bonchev–Trinajstić information content (AvgIpc) is 2.29. The lowest BCUT2D eigenvalue weighted by atomic mass is 9.96. The van der Waals surface area contributed by atoms with Crippen LogP contribution in [0, 0.1) is 5.92 Å². The first-order chi connectivity index (χ1) is 8.18. The fraction of sp³-hybridized carbons (Fsp3) is 0.375. The molecular weight excluding hydrogens is 206 g/mol. The van der Waals surface area contributed by atoms with Gasteiger partial charge in [-0.05, 0) is 36.8 Å². The van der Waals surface area contributed by atoms with Gasteiger partial charge in [0, 0.05) is 5.70 Å². The van der Waals surface area contributed by atoms with Crippen molar-refractivity contribution in [3.8, 4) is 0 Å². The van der Waals surface area contributed by atoms with Crippen LogP contribution in [0.1, 0.15) is 31.7 Å². The van der Waals surface area contributed by atoms with Crippen LogP contribution in [0.25, 0.3) is 0 Å². The topological polar surface area (TPSA) is 26.0 Å². The van der Waals surface area contributed by atoms with Gasteiger partial charge in [0.1, 0.15) is 0 Å². The van der Waals surface area contributed by atoms with Crippen LogP contribution in [-0.2, 0) is 6.42 Å². The first-order valence-electron chi connectivity index (χ1n) is 6.33. The predicted molar refractivity (Wildman–Crippen MR) is 75.6 cm³/mol. The molecule has 0 aliphatic carbocycles. The molecule has 1 rings (SSSR count). The standard InChI is InChI=1S/C16H23N/c1-14(9-5-3-6-10-15(2)17)13-16-11-7-4-8-12-16/h4,6-8,10-12,14H,2-3,5,9,13,17H2,1H3/b10-6+. The van der Waals surface area contributed by atoms with Gasteiger partial charge in [0.2, 0.25) is 0 Å². The minimum absolute atomic E-state index is 0.641. The molecule has 1 atom stereocenters. The van der Waals surface area contributed by atoms with E-state index < -0.39 is 0 Å². The van der Waals surface area contributed by atoms with Gasteiger partial charge < -0.3 is 5.73 Å². The van der Waals surface area contributed by atoms with E-state index in [2.05, 4.69) is 49.9 Å². The lowest BCUT2D eigenvalue weighted by molar-refractivity contribution is 0.511. The Morgan fingerprint density at radius 2 is 2.06 bits per heavy atom. The van der Waals surface area contributed by atoms with Crippen LogP contribution >= 0.6 is 0 Å². The smallest absolute Gasteiger partial charge is 0.0237 e. The van der Waals surface area contributed by atoms with Gasteiger partial charge in [0.05, 0.1) is 0 Å². The van der Waals surface area contributed by atoms with Crippen LogP contribution in [0.5, 0.6) is 0 Å². The Morgan fingerprint density at radius 3 is 2.71 bits per heavy atom. The van der Waals surface area contributed by atoms with Crippen molar-refractivity contribution in [3.05, 3.63) is 60.3 Å². The fourth-order valence-corrected chi connectivity index (χ4v) is 1.94. The molecule has 0 heterocycles. The van der Waals surface area contributed by atoms with E-state index in [-0.39, 0.29) is 0 Å². The van der Waals surface area contributed by atoms with Gasteiger partial charge >= 0.3 is 0 Å². The number of rotatable bonds is 7. The second-order valence-corrected chi connectivity index (χ2v) is 4.70. The van der Waals surface area contributed by atoms with Crippen LogP contribution in [0.4, 0.5) is 0 Å². The highest BCUT2D eigenvalue weighted by Gasteiger charge is 2.02. The summed E-state index contributed by atoms with van der Waals surface area (Å²) in [5.41, 5.74) is 7.53. The predicted octanol–water partition coefficient (Wildman–Crippen LogP) is 4.06. The Hall–Kier alpha value is -1.50. The number of allylic oxidation sites excluding steroid dienone is 2. The van der Waals surface area contributed by atoms with Gasteiger partial charge in [0.15, 0.2) is 0 Å². The molecule has 0 amide bonds. The van der Waals surface area contributed by atoms with Gasteiger partial charge in [-0.15, -0.1) is 0 Å². The maximum Gasteiger partial charge on any atom is 0.0237 e. The molecule has 0 saturated heterocycles. The number of hydrogen-bond donors (Lipinski definition) is 1. The second-order valence-electron chi connectivity index (χ2n) is 4.70. The molecule has 0 bridgehead atoms. The molecule has 17 heavy (non-hydrogen) atoms. The van der Waals surface area contributed by atoms with E-state index in [4.69, 9.17) is 5.73 Å². The van der Waals surface area contributed by atoms with E-state index in [0.29, 0.717) is 5.70 Å². The summed E-state index contributed by atoms with van der Waals surface area (Å²) in [6, 6.07) is 10.7. The molecule has 0 aromatic heterocycles. The zero-order valence-corrected chi connectivity index (χ0v) is 10.7. The van der Waals surface area contributed by atoms with E-state index in [1.54, 1.807) is 0 Å². The van der Waals surface area contributed by atoms with Crippen LogP contribution in [-0.4, -0.2) is 0 Å². The van der Waals surface area contributed by atoms with Gasteiger partial charge in [-0.3, -0.25) is 0 Å². The van der Waals surface area contributed by atoms with Crippen molar-refractivity contribution in [2.75, 3.05) is 0 Å². The van der Waals surface area contributed by atoms with Crippen molar-refractivity contribution in [1.82, 2.24) is 0 Å². The summed E-state index contributed by atoms with van der Waals surface area (Å²) in [5.74, 6) is 0.742. The monoisotopic (exact) mass is 229 g/mol. The third kappa shape index (κ3) is 6.62. The maximum absolute atomic E-state index is 5.46. The summed E-state index contributed by atoms with van der Waals surface area (Å²) < 4.78 is 0. The molecule has 92 valence electrons. The highest BCUT2D eigenvalue weighted by Crippen LogP contribution is 2.14. The highest BCUT2D eigenvalue weighted by atomic mass is 14.5. The van der Waals surface area contributed by atoms with Crippen molar-refractivity contribution in [2.24, 2.45) is 11.7 Å². The van der Waals surface area contributed by atoms with Crippen molar-refractivity contribution < 1.29 is 0 Å². The molecule has 1 aromatic rings. The quantitative estimate of drug-likeness (QED) is 0.553. The number of nitrogens with two attached hydrogens (primary N) is 1. The number of hydrogen-bond acceptors (Lipinski definition) is 1. The summed E-state index contributed by atoms with van der Waals surface area (Å²) in [6.45, 7) is 5.95. The molecule has 1 unspecified atom stereocenters. The zero-order valence-electron chi connectivity index (χ0n) is 10.7. The summed E-state index contributed by atoms with van der Waals surface area (Å²) in [7, 11) is 0. The van der Waals surface area contributed by atoms with E-state index in [1.165, 1.54) is 24.8 Å². The largest absolute Gasteiger partial charge is 0.399 e. The average molecular weight is 229 g/mol. The third-order valence-corrected chi connectivity index (χ3v) is 2.83. The Labute approximate surface area is 105 Å². The molecule has 2 N–H and O–H groups in total. The Kier molecular flexibility index (Phi) is 6.16. The van der Waals surface area contributed by atoms with Crippen molar-refractivity contribution in [2.45, 2.75) is 32.6 Å². The lowest BCUT2D eigenvalue weighted by Gasteiger charge is -2.10. The van der Waals surface area contributed by atoms with Gasteiger partial charge in [-0.1, -0.05) is 56.3 Å². The van der Waals surface area contributed by atoms with Crippen LogP contribution in [0.3, 0.4) is 0 Å². The minimum Gasteiger partial charge on any atom is -0.399 e. The summed E-state index contributed by atoms with van der Waals surface area (Å²) in [6.07, 6.45) is 8.75. The molecule has 0 radical (unpaired) electrons. The maximum atomic E-state index is 5.46. The molecule has 1 heteroatoms. The summed E-state index contributed by atoms with van der Waals surface area (Å²) in [4.78, 5) is 0. The van der Waals surface area contributed by atoms with E-state index in [0.717, 1.165) is 12.3 Å². The van der Waals surface area contributed by atoms with Crippen molar-refractivity contribution in [1.29, 1.82) is 0 Å². The molecule has 0 fully saturated rings. The van der Waals surface area contributed by atoms with Crippen LogP contribution < -0.4 is 5.73 Å². The van der Waals surface area contributed by atoms with Gasteiger partial charge in [-0.2, -0.15) is 0 Å². The highest BCUT2D eigenvalue weighted by molar-refractivity contribution is 5.15. The molecule has 0 saturated carbocycles. The molecule has 1 nitrogen and oxygen atoms in total. The molecular formula is C16H23N. The Balaban J connectivity index is 2.18. The first-order valence-corrected chi connectivity index (χ1v) is 6.33. The lowest BCUT2D eigenvalue weighted by Crippen LogP contribution is -1.99. The normalized spacial score (nSPS) is 12.8. The molecule has 0 spiro atoms. The van der Waals surface area contributed by atoms with E-state index >= 15 is 0 Å². The van der Waals surface area contributed by atoms with E-state index in [9.17, 15) is 0 Å². The SMILES string of the molecule is C=C(N)/C=C/CCCC(C)Cc1ccccc1. The number of benzene rings is 1.